The zero-order valence-electron chi connectivity index (χ0n) is 12.6. The molecule has 1 rings (SSSR count). The molecule has 0 saturated carbocycles. The quantitative estimate of drug-likeness (QED) is 0.825. The van der Waals surface area contributed by atoms with Crippen LogP contribution in [0.2, 0.25) is 0 Å². The van der Waals surface area contributed by atoms with Crippen molar-refractivity contribution < 1.29 is 9.50 Å². The number of rotatable bonds is 6. The van der Waals surface area contributed by atoms with E-state index in [1.165, 1.54) is 0 Å². The van der Waals surface area contributed by atoms with E-state index in [4.69, 9.17) is 0 Å². The lowest BCUT2D eigenvalue weighted by Gasteiger charge is -2.27. The highest BCUT2D eigenvalue weighted by molar-refractivity contribution is 5.25. The summed E-state index contributed by atoms with van der Waals surface area (Å²) in [6.07, 6.45) is 0.745. The number of aliphatic hydroxyl groups is 1. The van der Waals surface area contributed by atoms with Crippen molar-refractivity contribution in [2.45, 2.75) is 52.7 Å². The maximum atomic E-state index is 13.5. The van der Waals surface area contributed by atoms with Crippen LogP contribution in [0.5, 0.6) is 0 Å². The lowest BCUT2D eigenvalue weighted by Crippen LogP contribution is -2.39. The van der Waals surface area contributed by atoms with Gasteiger partial charge in [-0.3, -0.25) is 0 Å². The third-order valence-electron chi connectivity index (χ3n) is 3.33. The number of hydrogen-bond donors (Lipinski definition) is 2. The smallest absolute Gasteiger partial charge is 0.126 e. The summed E-state index contributed by atoms with van der Waals surface area (Å²) < 4.78 is 13.5. The normalized spacial score (nSPS) is 16.4. The number of benzene rings is 1. The molecule has 0 aliphatic carbocycles. The van der Waals surface area contributed by atoms with E-state index >= 15 is 0 Å². The summed E-state index contributed by atoms with van der Waals surface area (Å²) >= 11 is 0. The van der Waals surface area contributed by atoms with E-state index in [1.54, 1.807) is 19.1 Å². The monoisotopic (exact) mass is 267 g/mol. The molecule has 0 spiro atoms. The van der Waals surface area contributed by atoms with Gasteiger partial charge in [-0.1, -0.05) is 26.0 Å². The number of aryl methyl sites for hydroxylation is 1. The average Bonchev–Trinajstić information content (AvgIpc) is 2.28. The zero-order chi connectivity index (χ0) is 14.6. The van der Waals surface area contributed by atoms with Crippen LogP contribution < -0.4 is 5.32 Å². The molecule has 108 valence electrons. The SMILES string of the molecule is Cc1ccc(C(C)NCC(C)(O)CC(C)C)cc1F. The molecule has 19 heavy (non-hydrogen) atoms. The second-order valence-corrected chi connectivity index (χ2v) is 6.21. The highest BCUT2D eigenvalue weighted by Crippen LogP contribution is 2.19. The molecule has 3 heteroatoms. The van der Waals surface area contributed by atoms with Crippen LogP contribution in [-0.2, 0) is 0 Å². The van der Waals surface area contributed by atoms with Crippen molar-refractivity contribution in [3.8, 4) is 0 Å². The Labute approximate surface area is 116 Å². The van der Waals surface area contributed by atoms with Crippen molar-refractivity contribution in [1.29, 1.82) is 0 Å². The molecule has 1 aromatic carbocycles. The largest absolute Gasteiger partial charge is 0.389 e. The Morgan fingerprint density at radius 3 is 2.47 bits per heavy atom. The van der Waals surface area contributed by atoms with Gasteiger partial charge >= 0.3 is 0 Å². The summed E-state index contributed by atoms with van der Waals surface area (Å²) in [4.78, 5) is 0. The van der Waals surface area contributed by atoms with Gasteiger partial charge in [-0.2, -0.15) is 0 Å². The van der Waals surface area contributed by atoms with Gasteiger partial charge in [0.15, 0.2) is 0 Å². The maximum absolute atomic E-state index is 13.5. The molecule has 0 amide bonds. The van der Waals surface area contributed by atoms with Gasteiger partial charge in [0.1, 0.15) is 5.82 Å². The first-order valence-electron chi connectivity index (χ1n) is 6.93. The van der Waals surface area contributed by atoms with Gasteiger partial charge < -0.3 is 10.4 Å². The number of nitrogens with one attached hydrogen (secondary N) is 1. The second-order valence-electron chi connectivity index (χ2n) is 6.21. The molecule has 0 aliphatic rings. The van der Waals surface area contributed by atoms with Crippen molar-refractivity contribution in [3.63, 3.8) is 0 Å². The molecule has 0 radical (unpaired) electrons. The Morgan fingerprint density at radius 2 is 1.95 bits per heavy atom. The van der Waals surface area contributed by atoms with E-state index in [0.29, 0.717) is 18.0 Å². The van der Waals surface area contributed by atoms with Crippen molar-refractivity contribution >= 4 is 0 Å². The van der Waals surface area contributed by atoms with Crippen LogP contribution in [0.3, 0.4) is 0 Å². The third-order valence-corrected chi connectivity index (χ3v) is 3.33. The average molecular weight is 267 g/mol. The molecule has 1 aromatic rings. The molecule has 2 nitrogen and oxygen atoms in total. The minimum Gasteiger partial charge on any atom is -0.389 e. The van der Waals surface area contributed by atoms with Gasteiger partial charge in [0.2, 0.25) is 0 Å². The predicted molar refractivity (Wildman–Crippen MR) is 77.6 cm³/mol. The van der Waals surface area contributed by atoms with Crippen molar-refractivity contribution in [2.24, 2.45) is 5.92 Å². The minimum absolute atomic E-state index is 0.0220. The fourth-order valence-electron chi connectivity index (χ4n) is 2.32. The molecule has 2 unspecified atom stereocenters. The summed E-state index contributed by atoms with van der Waals surface area (Å²) in [6, 6.07) is 5.29. The van der Waals surface area contributed by atoms with E-state index < -0.39 is 5.60 Å². The standard InChI is InChI=1S/C16H26FNO/c1-11(2)9-16(5,19)10-18-13(4)14-7-6-12(3)15(17)8-14/h6-8,11,13,18-19H,9-10H2,1-5H3. The van der Waals surface area contributed by atoms with Crippen LogP contribution in [0.4, 0.5) is 4.39 Å². The van der Waals surface area contributed by atoms with E-state index in [1.807, 2.05) is 19.9 Å². The van der Waals surface area contributed by atoms with E-state index in [-0.39, 0.29) is 11.9 Å². The minimum atomic E-state index is -0.730. The molecule has 2 N–H and O–H groups in total. The second kappa shape index (κ2) is 6.49. The molecule has 0 aromatic heterocycles. The third kappa shape index (κ3) is 5.29. The topological polar surface area (TPSA) is 32.3 Å². The highest BCUT2D eigenvalue weighted by atomic mass is 19.1. The summed E-state index contributed by atoms with van der Waals surface area (Å²) in [7, 11) is 0. The Morgan fingerprint density at radius 1 is 1.32 bits per heavy atom. The van der Waals surface area contributed by atoms with Gasteiger partial charge in [-0.05, 0) is 50.3 Å². The Balaban J connectivity index is 2.59. The van der Waals surface area contributed by atoms with Gasteiger partial charge in [-0.15, -0.1) is 0 Å². The molecule has 0 bridgehead atoms. The van der Waals surface area contributed by atoms with Gasteiger partial charge in [0, 0.05) is 12.6 Å². The summed E-state index contributed by atoms with van der Waals surface area (Å²) in [5.41, 5.74) is 0.831. The van der Waals surface area contributed by atoms with Crippen molar-refractivity contribution in [3.05, 3.63) is 35.1 Å². The van der Waals surface area contributed by atoms with E-state index in [9.17, 15) is 9.50 Å². The molecule has 0 saturated heterocycles. The molecular weight excluding hydrogens is 241 g/mol. The van der Waals surface area contributed by atoms with E-state index in [2.05, 4.69) is 19.2 Å². The molecule has 0 aliphatic heterocycles. The highest BCUT2D eigenvalue weighted by Gasteiger charge is 2.22. The maximum Gasteiger partial charge on any atom is 0.126 e. The molecule has 2 atom stereocenters. The Hall–Kier alpha value is -0.930. The van der Waals surface area contributed by atoms with Crippen LogP contribution in [0, 0.1) is 18.7 Å². The van der Waals surface area contributed by atoms with Crippen LogP contribution >= 0.6 is 0 Å². The van der Waals surface area contributed by atoms with Crippen LogP contribution in [0.15, 0.2) is 18.2 Å². The first kappa shape index (κ1) is 16.1. The van der Waals surface area contributed by atoms with Crippen LogP contribution in [-0.4, -0.2) is 17.3 Å². The lowest BCUT2D eigenvalue weighted by molar-refractivity contribution is 0.0363. The summed E-state index contributed by atoms with van der Waals surface area (Å²) in [6.45, 7) is 10.3. The fourth-order valence-corrected chi connectivity index (χ4v) is 2.32. The predicted octanol–water partition coefficient (Wildman–Crippen LogP) is 3.58. The van der Waals surface area contributed by atoms with Gasteiger partial charge in [0.25, 0.3) is 0 Å². The van der Waals surface area contributed by atoms with Crippen molar-refractivity contribution in [2.75, 3.05) is 6.54 Å². The molecule has 0 heterocycles. The first-order chi connectivity index (χ1) is 8.71. The van der Waals surface area contributed by atoms with Gasteiger partial charge in [0.05, 0.1) is 5.60 Å². The van der Waals surface area contributed by atoms with Crippen LogP contribution in [0.25, 0.3) is 0 Å². The Kier molecular flexibility index (Phi) is 5.50. The lowest BCUT2D eigenvalue weighted by atomic mass is 9.94. The van der Waals surface area contributed by atoms with Crippen molar-refractivity contribution in [1.82, 2.24) is 5.32 Å². The Bertz CT molecular complexity index is 415. The summed E-state index contributed by atoms with van der Waals surface area (Å²) in [5, 5.41) is 13.5. The number of halogens is 1. The van der Waals surface area contributed by atoms with E-state index in [0.717, 1.165) is 12.0 Å². The first-order valence-corrected chi connectivity index (χ1v) is 6.93. The molecule has 0 fully saturated rings. The number of hydrogen-bond acceptors (Lipinski definition) is 2. The molecular formula is C16H26FNO. The fraction of sp³-hybridized carbons (Fsp3) is 0.625. The summed E-state index contributed by atoms with van der Waals surface area (Å²) in [5.74, 6) is 0.268. The van der Waals surface area contributed by atoms with Crippen LogP contribution in [0.1, 0.15) is 51.3 Å². The van der Waals surface area contributed by atoms with Gasteiger partial charge in [-0.25, -0.2) is 4.39 Å². The zero-order valence-corrected chi connectivity index (χ0v) is 12.6.